The summed E-state index contributed by atoms with van der Waals surface area (Å²) in [5, 5.41) is 4.53. The molecule has 0 aliphatic carbocycles. The van der Waals surface area contributed by atoms with Gasteiger partial charge >= 0.3 is 0 Å². The van der Waals surface area contributed by atoms with Crippen molar-refractivity contribution in [3.05, 3.63) is 23.1 Å². The molecule has 0 unspecified atom stereocenters. The fourth-order valence-electron chi connectivity index (χ4n) is 3.19. The number of hydrogen-bond acceptors (Lipinski definition) is 6. The van der Waals surface area contributed by atoms with Crippen molar-refractivity contribution < 1.29 is 0 Å². The van der Waals surface area contributed by atoms with Crippen LogP contribution in [0.15, 0.2) is 23.1 Å². The average molecular weight is 376 g/mol. The van der Waals surface area contributed by atoms with E-state index >= 15 is 0 Å². The van der Waals surface area contributed by atoms with Crippen LogP contribution in [0.2, 0.25) is 0 Å². The molecule has 1 fully saturated rings. The van der Waals surface area contributed by atoms with Crippen molar-refractivity contribution in [1.29, 1.82) is 0 Å². The summed E-state index contributed by atoms with van der Waals surface area (Å²) < 4.78 is 2.58. The molecule has 3 aromatic heterocycles. The van der Waals surface area contributed by atoms with Gasteiger partial charge in [0.15, 0.2) is 22.6 Å². The van der Waals surface area contributed by atoms with Crippen molar-refractivity contribution >= 4 is 38.6 Å². The second-order valence-corrected chi connectivity index (χ2v) is 6.99. The van der Waals surface area contributed by atoms with E-state index in [0.717, 1.165) is 34.7 Å². The van der Waals surface area contributed by atoms with E-state index in [2.05, 4.69) is 66.7 Å². The summed E-state index contributed by atoms with van der Waals surface area (Å²) in [5.41, 5.74) is 2.33. The summed E-state index contributed by atoms with van der Waals surface area (Å²) in [4.78, 5) is 18.2. The zero-order valence-electron chi connectivity index (χ0n) is 13.3. The molecular weight excluding hydrogens is 358 g/mol. The first kappa shape index (κ1) is 14.8. The van der Waals surface area contributed by atoms with E-state index in [1.165, 1.54) is 0 Å². The highest BCUT2D eigenvalue weighted by Crippen LogP contribution is 2.27. The molecule has 0 radical (unpaired) electrons. The molecule has 7 nitrogen and oxygen atoms in total. The minimum absolute atomic E-state index is 0.461. The number of rotatable bonds is 1. The summed E-state index contributed by atoms with van der Waals surface area (Å²) >= 11 is 3.43. The zero-order valence-corrected chi connectivity index (χ0v) is 14.9. The SMILES string of the molecule is C[C@@H]1CN(c2ncnc3nc4ccc(Br)nn4c23)C[C@H](C)N1C. The summed E-state index contributed by atoms with van der Waals surface area (Å²) in [6, 6.07) is 4.73. The van der Waals surface area contributed by atoms with Crippen molar-refractivity contribution in [3.63, 3.8) is 0 Å². The van der Waals surface area contributed by atoms with Crippen molar-refractivity contribution in [2.75, 3.05) is 25.0 Å². The molecule has 2 atom stereocenters. The lowest BCUT2D eigenvalue weighted by molar-refractivity contribution is 0.169. The van der Waals surface area contributed by atoms with Crippen LogP contribution in [-0.4, -0.2) is 61.7 Å². The molecule has 4 heterocycles. The summed E-state index contributed by atoms with van der Waals surface area (Å²) in [5.74, 6) is 0.903. The first-order valence-electron chi connectivity index (χ1n) is 7.67. The van der Waals surface area contributed by atoms with Crippen LogP contribution in [0, 0.1) is 0 Å². The van der Waals surface area contributed by atoms with Crippen LogP contribution in [0.3, 0.4) is 0 Å². The van der Waals surface area contributed by atoms with Gasteiger partial charge in [-0.2, -0.15) is 5.10 Å². The molecule has 0 bridgehead atoms. The average Bonchev–Trinajstić information content (AvgIpc) is 2.90. The Hall–Kier alpha value is -1.80. The lowest BCUT2D eigenvalue weighted by atomic mass is 10.1. The van der Waals surface area contributed by atoms with Crippen molar-refractivity contribution in [3.8, 4) is 0 Å². The van der Waals surface area contributed by atoms with Crippen LogP contribution in [0.1, 0.15) is 13.8 Å². The van der Waals surface area contributed by atoms with Gasteiger partial charge < -0.3 is 4.90 Å². The number of piperazine rings is 1. The van der Waals surface area contributed by atoms with Gasteiger partial charge in [-0.25, -0.2) is 19.5 Å². The van der Waals surface area contributed by atoms with E-state index in [9.17, 15) is 0 Å². The quantitative estimate of drug-likeness (QED) is 0.647. The standard InChI is InChI=1S/C15H18BrN7/c1-9-6-22(7-10(2)21(9)3)15-13-14(17-8-18-15)19-12-5-4-11(16)20-23(12)13/h4-5,8-10H,6-7H2,1-3H3/t9-,10+. The predicted molar refractivity (Wildman–Crippen MR) is 92.7 cm³/mol. The fraction of sp³-hybridized carbons (Fsp3) is 0.467. The molecule has 3 aromatic rings. The molecule has 0 spiro atoms. The van der Waals surface area contributed by atoms with Gasteiger partial charge in [0, 0.05) is 25.2 Å². The maximum Gasteiger partial charge on any atom is 0.185 e. The Balaban J connectivity index is 1.90. The molecule has 1 aliphatic rings. The van der Waals surface area contributed by atoms with E-state index in [0.29, 0.717) is 17.7 Å². The zero-order chi connectivity index (χ0) is 16.1. The fourth-order valence-corrected chi connectivity index (χ4v) is 3.48. The normalized spacial score (nSPS) is 23.0. The van der Waals surface area contributed by atoms with Crippen molar-refractivity contribution in [2.24, 2.45) is 0 Å². The number of fused-ring (bicyclic) bond motifs is 3. The third-order valence-corrected chi connectivity index (χ3v) is 5.08. The molecule has 0 amide bonds. The number of likely N-dealkylation sites (N-methyl/N-ethyl adjacent to an activating group) is 1. The van der Waals surface area contributed by atoms with Crippen LogP contribution in [-0.2, 0) is 0 Å². The molecule has 23 heavy (non-hydrogen) atoms. The molecule has 0 aromatic carbocycles. The van der Waals surface area contributed by atoms with E-state index in [1.54, 1.807) is 6.33 Å². The molecule has 1 saturated heterocycles. The molecule has 0 N–H and O–H groups in total. The van der Waals surface area contributed by atoms with E-state index in [1.807, 2.05) is 16.6 Å². The Morgan fingerprint density at radius 3 is 2.61 bits per heavy atom. The highest BCUT2D eigenvalue weighted by atomic mass is 79.9. The predicted octanol–water partition coefficient (Wildman–Crippen LogP) is 1.96. The van der Waals surface area contributed by atoms with Crippen molar-refractivity contribution in [1.82, 2.24) is 29.5 Å². The lowest BCUT2D eigenvalue weighted by Crippen LogP contribution is -2.55. The first-order chi connectivity index (χ1) is 11.0. The molecule has 0 saturated carbocycles. The minimum atomic E-state index is 0.461. The monoisotopic (exact) mass is 375 g/mol. The summed E-state index contributed by atoms with van der Waals surface area (Å²) in [7, 11) is 2.18. The topological polar surface area (TPSA) is 62.5 Å². The smallest absolute Gasteiger partial charge is 0.185 e. The van der Waals surface area contributed by atoms with E-state index in [-0.39, 0.29) is 0 Å². The van der Waals surface area contributed by atoms with Crippen LogP contribution >= 0.6 is 15.9 Å². The van der Waals surface area contributed by atoms with Gasteiger partial charge in [0.25, 0.3) is 0 Å². The number of hydrogen-bond donors (Lipinski definition) is 0. The maximum atomic E-state index is 4.56. The number of aromatic nitrogens is 5. The Morgan fingerprint density at radius 1 is 1.13 bits per heavy atom. The number of nitrogens with zero attached hydrogens (tertiary/aromatic N) is 7. The Bertz CT molecular complexity index is 865. The molecule has 4 rings (SSSR count). The van der Waals surface area contributed by atoms with Gasteiger partial charge in [-0.15, -0.1) is 0 Å². The van der Waals surface area contributed by atoms with Crippen LogP contribution < -0.4 is 4.90 Å². The Labute approximate surface area is 142 Å². The van der Waals surface area contributed by atoms with Gasteiger partial charge in [0.05, 0.1) is 0 Å². The third kappa shape index (κ3) is 2.36. The highest BCUT2D eigenvalue weighted by molar-refractivity contribution is 9.10. The lowest BCUT2D eigenvalue weighted by Gasteiger charge is -2.42. The second-order valence-electron chi connectivity index (χ2n) is 6.18. The number of imidazole rings is 1. The molecule has 8 heteroatoms. The van der Waals surface area contributed by atoms with Gasteiger partial charge in [0.1, 0.15) is 10.9 Å². The first-order valence-corrected chi connectivity index (χ1v) is 8.47. The van der Waals surface area contributed by atoms with Crippen molar-refractivity contribution in [2.45, 2.75) is 25.9 Å². The largest absolute Gasteiger partial charge is 0.352 e. The van der Waals surface area contributed by atoms with Crippen LogP contribution in [0.25, 0.3) is 16.8 Å². The van der Waals surface area contributed by atoms with Gasteiger partial charge in [0.2, 0.25) is 0 Å². The third-order valence-electron chi connectivity index (χ3n) is 4.66. The maximum absolute atomic E-state index is 4.56. The summed E-state index contributed by atoms with van der Waals surface area (Å²) in [6.07, 6.45) is 1.59. The van der Waals surface area contributed by atoms with E-state index < -0.39 is 0 Å². The molecule has 1 aliphatic heterocycles. The van der Waals surface area contributed by atoms with Crippen LogP contribution in [0.5, 0.6) is 0 Å². The second kappa shape index (κ2) is 5.38. The van der Waals surface area contributed by atoms with E-state index in [4.69, 9.17) is 0 Å². The molecule has 120 valence electrons. The van der Waals surface area contributed by atoms with Gasteiger partial charge in [-0.05, 0) is 49.0 Å². The van der Waals surface area contributed by atoms with Gasteiger partial charge in [-0.1, -0.05) is 0 Å². The minimum Gasteiger partial charge on any atom is -0.352 e. The van der Waals surface area contributed by atoms with Crippen LogP contribution in [0.4, 0.5) is 5.82 Å². The molecular formula is C15H18BrN7. The van der Waals surface area contributed by atoms with Gasteiger partial charge in [-0.3, -0.25) is 4.90 Å². The highest BCUT2D eigenvalue weighted by Gasteiger charge is 2.29. The Morgan fingerprint density at radius 2 is 1.87 bits per heavy atom. The number of anilines is 1. The Kier molecular flexibility index (Phi) is 3.46. The summed E-state index contributed by atoms with van der Waals surface area (Å²) in [6.45, 7) is 6.33. The number of halogens is 1.